The van der Waals surface area contributed by atoms with Crippen molar-refractivity contribution in [2.45, 2.75) is 38.5 Å². The van der Waals surface area contributed by atoms with E-state index in [4.69, 9.17) is 10.5 Å². The summed E-state index contributed by atoms with van der Waals surface area (Å²) in [5.74, 6) is 0.789. The Morgan fingerprint density at radius 3 is 2.75 bits per heavy atom. The standard InChI is InChI=1S/C19H23N3O2/c1-14-12-16(20)9-11-22(14)19(23)15-5-7-18(8-6-15)24-13-17-4-2-3-10-21-17/h2-8,10,14,16H,9,11-13,20H2,1H3/t14-,16+/m1/s1. The van der Waals surface area contributed by atoms with Gasteiger partial charge in [-0.1, -0.05) is 6.07 Å². The van der Waals surface area contributed by atoms with Crippen molar-refractivity contribution in [3.05, 3.63) is 59.9 Å². The molecule has 5 nitrogen and oxygen atoms in total. The highest BCUT2D eigenvalue weighted by Crippen LogP contribution is 2.20. The van der Waals surface area contributed by atoms with Crippen molar-refractivity contribution in [3.63, 3.8) is 0 Å². The summed E-state index contributed by atoms with van der Waals surface area (Å²) in [4.78, 5) is 18.8. The fourth-order valence-corrected chi connectivity index (χ4v) is 3.01. The van der Waals surface area contributed by atoms with Gasteiger partial charge in [0.1, 0.15) is 12.4 Å². The SMILES string of the molecule is C[C@@H]1C[C@@H](N)CCN1C(=O)c1ccc(OCc2ccccn2)cc1. The second-order valence-corrected chi connectivity index (χ2v) is 6.27. The van der Waals surface area contributed by atoms with Gasteiger partial charge in [-0.3, -0.25) is 9.78 Å². The molecular formula is C19H23N3O2. The molecule has 3 rings (SSSR count). The maximum absolute atomic E-state index is 12.6. The molecule has 0 spiro atoms. The van der Waals surface area contributed by atoms with E-state index in [0.717, 1.165) is 30.8 Å². The predicted octanol–water partition coefficient (Wildman–Crippen LogP) is 2.61. The lowest BCUT2D eigenvalue weighted by atomic mass is 9.98. The minimum Gasteiger partial charge on any atom is -0.487 e. The quantitative estimate of drug-likeness (QED) is 0.938. The number of carbonyl (C=O) groups excluding carboxylic acids is 1. The molecular weight excluding hydrogens is 302 g/mol. The minimum atomic E-state index is 0.0608. The van der Waals surface area contributed by atoms with Crippen LogP contribution in [0.5, 0.6) is 5.75 Å². The van der Waals surface area contributed by atoms with Crippen LogP contribution in [0.3, 0.4) is 0 Å². The normalized spacial score (nSPS) is 20.7. The largest absolute Gasteiger partial charge is 0.487 e. The van der Waals surface area contributed by atoms with Crippen LogP contribution in [0.4, 0.5) is 0 Å². The maximum atomic E-state index is 12.6. The fraction of sp³-hybridized carbons (Fsp3) is 0.368. The second kappa shape index (κ2) is 7.45. The Morgan fingerprint density at radius 2 is 2.08 bits per heavy atom. The lowest BCUT2D eigenvalue weighted by Crippen LogP contribution is -2.48. The van der Waals surface area contributed by atoms with Crippen LogP contribution in [0.2, 0.25) is 0 Å². The third kappa shape index (κ3) is 3.92. The first-order valence-electron chi connectivity index (χ1n) is 8.33. The number of amides is 1. The Kier molecular flexibility index (Phi) is 5.11. The summed E-state index contributed by atoms with van der Waals surface area (Å²) in [7, 11) is 0. The summed E-state index contributed by atoms with van der Waals surface area (Å²) in [6.07, 6.45) is 3.46. The van der Waals surface area contributed by atoms with Gasteiger partial charge in [0.15, 0.2) is 0 Å². The van der Waals surface area contributed by atoms with E-state index < -0.39 is 0 Å². The average molecular weight is 325 g/mol. The van der Waals surface area contributed by atoms with Gasteiger partial charge >= 0.3 is 0 Å². The molecule has 1 fully saturated rings. The second-order valence-electron chi connectivity index (χ2n) is 6.27. The number of likely N-dealkylation sites (tertiary alicyclic amines) is 1. The molecule has 5 heteroatoms. The van der Waals surface area contributed by atoms with Crippen molar-refractivity contribution in [2.24, 2.45) is 5.73 Å². The Morgan fingerprint density at radius 1 is 1.29 bits per heavy atom. The molecule has 2 atom stereocenters. The van der Waals surface area contributed by atoms with Crippen molar-refractivity contribution in [1.29, 1.82) is 0 Å². The van der Waals surface area contributed by atoms with Crippen LogP contribution in [0.15, 0.2) is 48.7 Å². The van der Waals surface area contributed by atoms with E-state index in [0.29, 0.717) is 12.2 Å². The molecule has 2 heterocycles. The maximum Gasteiger partial charge on any atom is 0.254 e. The van der Waals surface area contributed by atoms with E-state index in [-0.39, 0.29) is 18.0 Å². The zero-order chi connectivity index (χ0) is 16.9. The smallest absolute Gasteiger partial charge is 0.254 e. The van der Waals surface area contributed by atoms with Crippen LogP contribution >= 0.6 is 0 Å². The van der Waals surface area contributed by atoms with Gasteiger partial charge in [-0.05, 0) is 56.2 Å². The summed E-state index contributed by atoms with van der Waals surface area (Å²) in [5.41, 5.74) is 7.52. The summed E-state index contributed by atoms with van der Waals surface area (Å²) in [6.45, 7) is 3.19. The third-order valence-electron chi connectivity index (χ3n) is 4.39. The molecule has 0 bridgehead atoms. The van der Waals surface area contributed by atoms with E-state index in [1.54, 1.807) is 6.20 Å². The number of hydrogen-bond donors (Lipinski definition) is 1. The Hall–Kier alpha value is -2.40. The molecule has 0 saturated carbocycles. The van der Waals surface area contributed by atoms with E-state index in [1.807, 2.05) is 47.4 Å². The van der Waals surface area contributed by atoms with Crippen LogP contribution in [0.1, 0.15) is 35.8 Å². The van der Waals surface area contributed by atoms with Gasteiger partial charge in [0.25, 0.3) is 5.91 Å². The number of rotatable bonds is 4. The van der Waals surface area contributed by atoms with Crippen molar-refractivity contribution in [1.82, 2.24) is 9.88 Å². The number of ether oxygens (including phenoxy) is 1. The van der Waals surface area contributed by atoms with Gasteiger partial charge < -0.3 is 15.4 Å². The van der Waals surface area contributed by atoms with Gasteiger partial charge in [-0.2, -0.15) is 0 Å². The number of aromatic nitrogens is 1. The number of pyridine rings is 1. The van der Waals surface area contributed by atoms with E-state index in [1.165, 1.54) is 0 Å². The van der Waals surface area contributed by atoms with Crippen LogP contribution in [0, 0.1) is 0 Å². The molecule has 1 aromatic heterocycles. The number of hydrogen-bond acceptors (Lipinski definition) is 4. The zero-order valence-corrected chi connectivity index (χ0v) is 13.9. The molecule has 1 aliphatic rings. The number of nitrogens with zero attached hydrogens (tertiary/aromatic N) is 2. The Balaban J connectivity index is 1.60. The first kappa shape index (κ1) is 16.5. The van der Waals surface area contributed by atoms with E-state index >= 15 is 0 Å². The van der Waals surface area contributed by atoms with Crippen LogP contribution in [0.25, 0.3) is 0 Å². The molecule has 1 saturated heterocycles. The van der Waals surface area contributed by atoms with E-state index in [2.05, 4.69) is 11.9 Å². The van der Waals surface area contributed by atoms with Crippen molar-refractivity contribution in [3.8, 4) is 5.75 Å². The number of benzene rings is 1. The monoisotopic (exact) mass is 325 g/mol. The lowest BCUT2D eigenvalue weighted by molar-refractivity contribution is 0.0619. The van der Waals surface area contributed by atoms with Crippen molar-refractivity contribution < 1.29 is 9.53 Å². The summed E-state index contributed by atoms with van der Waals surface area (Å²) in [6, 6.07) is 13.4. The summed E-state index contributed by atoms with van der Waals surface area (Å²) < 4.78 is 5.70. The van der Waals surface area contributed by atoms with Crippen LogP contribution in [-0.2, 0) is 6.61 Å². The molecule has 0 aliphatic carbocycles. The average Bonchev–Trinajstić information content (AvgIpc) is 2.61. The Bertz CT molecular complexity index is 673. The van der Waals surface area contributed by atoms with Gasteiger partial charge in [0.05, 0.1) is 5.69 Å². The lowest BCUT2D eigenvalue weighted by Gasteiger charge is -2.36. The molecule has 126 valence electrons. The highest BCUT2D eigenvalue weighted by Gasteiger charge is 2.27. The predicted molar refractivity (Wildman–Crippen MR) is 92.7 cm³/mol. The minimum absolute atomic E-state index is 0.0608. The Labute approximate surface area is 142 Å². The fourth-order valence-electron chi connectivity index (χ4n) is 3.01. The number of carbonyl (C=O) groups is 1. The molecule has 1 amide bonds. The first-order chi connectivity index (χ1) is 11.6. The molecule has 2 aromatic rings. The first-order valence-corrected chi connectivity index (χ1v) is 8.33. The van der Waals surface area contributed by atoms with Crippen molar-refractivity contribution >= 4 is 5.91 Å². The van der Waals surface area contributed by atoms with Crippen molar-refractivity contribution in [2.75, 3.05) is 6.54 Å². The zero-order valence-electron chi connectivity index (χ0n) is 13.9. The summed E-state index contributed by atoms with van der Waals surface area (Å²) in [5, 5.41) is 0. The molecule has 1 aliphatic heterocycles. The van der Waals surface area contributed by atoms with Gasteiger partial charge in [0, 0.05) is 30.4 Å². The summed E-state index contributed by atoms with van der Waals surface area (Å²) >= 11 is 0. The molecule has 0 radical (unpaired) electrons. The highest BCUT2D eigenvalue weighted by molar-refractivity contribution is 5.94. The van der Waals surface area contributed by atoms with Crippen LogP contribution in [-0.4, -0.2) is 34.4 Å². The third-order valence-corrected chi connectivity index (χ3v) is 4.39. The number of piperidine rings is 1. The number of nitrogens with two attached hydrogens (primary N) is 1. The van der Waals surface area contributed by atoms with Gasteiger partial charge in [-0.25, -0.2) is 0 Å². The molecule has 0 unspecified atom stereocenters. The molecule has 2 N–H and O–H groups in total. The molecule has 24 heavy (non-hydrogen) atoms. The topological polar surface area (TPSA) is 68.5 Å². The van der Waals surface area contributed by atoms with Crippen LogP contribution < -0.4 is 10.5 Å². The molecule has 1 aromatic carbocycles. The highest BCUT2D eigenvalue weighted by atomic mass is 16.5. The van der Waals surface area contributed by atoms with E-state index in [9.17, 15) is 4.79 Å². The van der Waals surface area contributed by atoms with Gasteiger partial charge in [-0.15, -0.1) is 0 Å². The van der Waals surface area contributed by atoms with Gasteiger partial charge in [0.2, 0.25) is 0 Å².